The lowest BCUT2D eigenvalue weighted by molar-refractivity contribution is 0.485. The van der Waals surface area contributed by atoms with Gasteiger partial charge in [0.15, 0.2) is 0 Å². The van der Waals surface area contributed by atoms with E-state index in [1.54, 1.807) is 5.57 Å². The van der Waals surface area contributed by atoms with Gasteiger partial charge in [0.05, 0.1) is 0 Å². The first-order valence-electron chi connectivity index (χ1n) is 9.05. The molecule has 0 saturated heterocycles. The number of fused-ring (bicyclic) bond motifs is 1. The number of allylic oxidation sites excluding steroid dienone is 1. The van der Waals surface area contributed by atoms with Crippen LogP contribution in [0.4, 0.5) is 0 Å². The van der Waals surface area contributed by atoms with Crippen molar-refractivity contribution >= 4 is 5.57 Å². The van der Waals surface area contributed by atoms with Gasteiger partial charge in [0.1, 0.15) is 0 Å². The number of rotatable bonds is 2. The third kappa shape index (κ3) is 3.19. The maximum Gasteiger partial charge on any atom is 0.0309 e. The van der Waals surface area contributed by atoms with Crippen molar-refractivity contribution in [2.45, 2.75) is 38.5 Å². The highest BCUT2D eigenvalue weighted by molar-refractivity contribution is 5.80. The summed E-state index contributed by atoms with van der Waals surface area (Å²) in [5.41, 5.74) is 9.28. The van der Waals surface area contributed by atoms with Gasteiger partial charge < -0.3 is 0 Å². The zero-order chi connectivity index (χ0) is 15.5. The number of hydrogen-bond donors (Lipinski definition) is 0. The highest BCUT2D eigenvalue weighted by atomic mass is 14.5. The second kappa shape index (κ2) is 6.60. The normalized spacial score (nSPS) is 23.2. The summed E-state index contributed by atoms with van der Waals surface area (Å²) in [7, 11) is 0. The van der Waals surface area contributed by atoms with Gasteiger partial charge in [-0.3, -0.25) is 0 Å². The Hall–Kier alpha value is -2.04. The van der Waals surface area contributed by atoms with Crippen LogP contribution >= 0.6 is 0 Å². The first kappa shape index (κ1) is 14.5. The molecule has 0 bridgehead atoms. The highest BCUT2D eigenvalue weighted by Crippen LogP contribution is 2.53. The summed E-state index contributed by atoms with van der Waals surface area (Å²) in [6, 6.07) is 21.5. The van der Waals surface area contributed by atoms with E-state index < -0.39 is 0 Å². The zero-order valence-electron chi connectivity index (χ0n) is 13.7. The fraction of sp³-hybridized carbons (Fsp3) is 0.348. The third-order valence-corrected chi connectivity index (χ3v) is 5.35. The van der Waals surface area contributed by atoms with Crippen LogP contribution in [0.3, 0.4) is 0 Å². The lowest BCUT2D eigenvalue weighted by Gasteiger charge is -2.05. The molecule has 2 fully saturated rings. The van der Waals surface area contributed by atoms with Crippen LogP contribution in [0.15, 0.2) is 72.0 Å². The molecule has 0 heterocycles. The van der Waals surface area contributed by atoms with Crippen molar-refractivity contribution < 1.29 is 0 Å². The van der Waals surface area contributed by atoms with Crippen molar-refractivity contribution in [2.24, 2.45) is 11.8 Å². The molecule has 2 saturated carbocycles. The van der Waals surface area contributed by atoms with Gasteiger partial charge in [-0.25, -0.2) is 0 Å². The van der Waals surface area contributed by atoms with Crippen molar-refractivity contribution in [3.05, 3.63) is 83.1 Å². The minimum Gasteiger partial charge on any atom is -0.112 e. The molecule has 23 heavy (non-hydrogen) atoms. The Kier molecular flexibility index (Phi) is 4.18. The number of benzene rings is 2. The van der Waals surface area contributed by atoms with Gasteiger partial charge in [0.2, 0.25) is 0 Å². The Bertz CT molecular complexity index is 660. The molecular formula is C23H24. The maximum absolute atomic E-state index is 3.85. The smallest absolute Gasteiger partial charge is 0.0309 e. The Morgan fingerprint density at radius 3 is 1.61 bits per heavy atom. The molecule has 2 aliphatic rings. The molecule has 0 N–H and O–H groups in total. The predicted molar refractivity (Wildman–Crippen MR) is 97.1 cm³/mol. The van der Waals surface area contributed by atoms with Crippen LogP contribution in [-0.2, 0) is 0 Å². The monoisotopic (exact) mass is 300 g/mol. The molecular weight excluding hydrogens is 276 g/mol. The van der Waals surface area contributed by atoms with Gasteiger partial charge in [0.25, 0.3) is 0 Å². The minimum atomic E-state index is 0.817. The van der Waals surface area contributed by atoms with Gasteiger partial charge in [0, 0.05) is 5.57 Å². The van der Waals surface area contributed by atoms with Gasteiger partial charge in [-0.2, -0.15) is 0 Å². The quantitative estimate of drug-likeness (QED) is 0.575. The molecule has 116 valence electrons. The Morgan fingerprint density at radius 1 is 0.652 bits per heavy atom. The minimum absolute atomic E-state index is 0.817. The van der Waals surface area contributed by atoms with Crippen molar-refractivity contribution in [2.75, 3.05) is 0 Å². The molecule has 0 amide bonds. The predicted octanol–water partition coefficient (Wildman–Crippen LogP) is 6.24. The average Bonchev–Trinajstić information content (AvgIpc) is 3.23. The highest BCUT2D eigenvalue weighted by Gasteiger charge is 2.43. The molecule has 0 nitrogen and oxygen atoms in total. The SMILES string of the molecule is C(=C(c1ccccc1)c1ccccc1)=C1[C@H]2CCCCCC[C@H]12. The fourth-order valence-electron chi connectivity index (χ4n) is 4.02. The molecule has 0 radical (unpaired) electrons. The zero-order valence-corrected chi connectivity index (χ0v) is 13.7. The molecule has 2 aromatic carbocycles. The molecule has 0 heteroatoms. The van der Waals surface area contributed by atoms with Crippen molar-refractivity contribution in [3.8, 4) is 0 Å². The van der Waals surface area contributed by atoms with Crippen LogP contribution in [0.25, 0.3) is 5.57 Å². The van der Waals surface area contributed by atoms with Gasteiger partial charge in [-0.05, 0) is 41.4 Å². The van der Waals surface area contributed by atoms with E-state index in [1.165, 1.54) is 55.2 Å². The van der Waals surface area contributed by atoms with Crippen molar-refractivity contribution in [1.82, 2.24) is 0 Å². The van der Waals surface area contributed by atoms with Crippen LogP contribution in [-0.4, -0.2) is 0 Å². The van der Waals surface area contributed by atoms with Gasteiger partial charge >= 0.3 is 0 Å². The topological polar surface area (TPSA) is 0 Å². The van der Waals surface area contributed by atoms with E-state index in [4.69, 9.17) is 0 Å². The van der Waals surface area contributed by atoms with Crippen LogP contribution in [0, 0.1) is 11.8 Å². The largest absolute Gasteiger partial charge is 0.112 e. The average molecular weight is 300 g/mol. The van der Waals surface area contributed by atoms with Gasteiger partial charge in [-0.15, -0.1) is 5.73 Å². The lowest BCUT2D eigenvalue weighted by atomic mass is 9.98. The second-order valence-corrected chi connectivity index (χ2v) is 6.89. The lowest BCUT2D eigenvalue weighted by Crippen LogP contribution is -1.90. The van der Waals surface area contributed by atoms with Crippen molar-refractivity contribution in [3.63, 3.8) is 0 Å². The summed E-state index contributed by atoms with van der Waals surface area (Å²) in [6.07, 6.45) is 8.40. The van der Waals surface area contributed by atoms with E-state index in [0.717, 1.165) is 11.8 Å². The molecule has 0 unspecified atom stereocenters. The summed E-state index contributed by atoms with van der Waals surface area (Å²) in [5.74, 6) is 1.63. The first-order valence-corrected chi connectivity index (χ1v) is 9.05. The van der Waals surface area contributed by atoms with Crippen molar-refractivity contribution in [1.29, 1.82) is 0 Å². The van der Waals surface area contributed by atoms with E-state index in [9.17, 15) is 0 Å². The second-order valence-electron chi connectivity index (χ2n) is 6.89. The Morgan fingerprint density at radius 2 is 1.13 bits per heavy atom. The molecule has 2 atom stereocenters. The fourth-order valence-corrected chi connectivity index (χ4v) is 4.02. The van der Waals surface area contributed by atoms with Gasteiger partial charge in [-0.1, -0.05) is 86.3 Å². The third-order valence-electron chi connectivity index (χ3n) is 5.35. The molecule has 0 aromatic heterocycles. The molecule has 2 aromatic rings. The summed E-state index contributed by atoms with van der Waals surface area (Å²) in [6.45, 7) is 0. The van der Waals surface area contributed by atoms with E-state index in [2.05, 4.69) is 66.4 Å². The Labute approximate surface area is 139 Å². The molecule has 2 aliphatic carbocycles. The van der Waals surface area contributed by atoms with E-state index in [0.29, 0.717) is 0 Å². The van der Waals surface area contributed by atoms with Crippen LogP contribution in [0.1, 0.15) is 49.7 Å². The van der Waals surface area contributed by atoms with Crippen LogP contribution in [0.5, 0.6) is 0 Å². The first-order chi connectivity index (χ1) is 11.4. The van der Waals surface area contributed by atoms with E-state index in [-0.39, 0.29) is 0 Å². The van der Waals surface area contributed by atoms with Crippen LogP contribution in [0.2, 0.25) is 0 Å². The molecule has 0 aliphatic heterocycles. The van der Waals surface area contributed by atoms with Crippen LogP contribution < -0.4 is 0 Å². The molecule has 4 rings (SSSR count). The van der Waals surface area contributed by atoms with E-state index >= 15 is 0 Å². The number of hydrogen-bond acceptors (Lipinski definition) is 0. The maximum atomic E-state index is 3.85. The van der Waals surface area contributed by atoms with E-state index in [1.807, 2.05) is 0 Å². The summed E-state index contributed by atoms with van der Waals surface area (Å²) in [5, 5.41) is 0. The Balaban J connectivity index is 1.78. The molecule has 0 spiro atoms. The standard InChI is InChI=1S/C23H24/c1-2-10-16-21-20(15-9-1)23(21)17-22(18-11-5-3-6-12-18)19-13-7-4-8-14-19/h3-8,11-14,20-21H,1-2,9-10,15-16H2/t20-,21-/m0/s1. The summed E-state index contributed by atoms with van der Waals surface area (Å²) < 4.78 is 0. The summed E-state index contributed by atoms with van der Waals surface area (Å²) in [4.78, 5) is 0. The summed E-state index contributed by atoms with van der Waals surface area (Å²) >= 11 is 0.